The summed E-state index contributed by atoms with van der Waals surface area (Å²) in [6.07, 6.45) is 5.06. The zero-order chi connectivity index (χ0) is 17.4. The van der Waals surface area contributed by atoms with Gasteiger partial charge in [-0.25, -0.2) is 4.57 Å². The van der Waals surface area contributed by atoms with E-state index in [-0.39, 0.29) is 6.10 Å². The molecule has 4 heterocycles. The molecule has 4 fully saturated rings. The van der Waals surface area contributed by atoms with Crippen molar-refractivity contribution in [2.24, 2.45) is 11.8 Å². The van der Waals surface area contributed by atoms with E-state index in [0.717, 1.165) is 51.2 Å². The van der Waals surface area contributed by atoms with Gasteiger partial charge in [0.15, 0.2) is 0 Å². The molecule has 5 atom stereocenters. The highest BCUT2D eigenvalue weighted by atomic mass is 32.7. The molecule has 0 aromatic heterocycles. The third-order valence-electron chi connectivity index (χ3n) is 6.00. The number of fused-ring (bicyclic) bond motifs is 4. The Bertz CT molecular complexity index is 563. The smallest absolute Gasteiger partial charge is 0.339 e. The molecule has 0 radical (unpaired) electrons. The van der Waals surface area contributed by atoms with Crippen molar-refractivity contribution in [2.75, 3.05) is 38.5 Å². The van der Waals surface area contributed by atoms with Gasteiger partial charge in [0.2, 0.25) is 5.91 Å². The molecule has 4 aliphatic heterocycles. The van der Waals surface area contributed by atoms with Crippen molar-refractivity contribution in [2.45, 2.75) is 51.2 Å². The maximum Gasteiger partial charge on any atom is 0.389 e. The fourth-order valence-electron chi connectivity index (χ4n) is 4.88. The number of likely N-dealkylation sites (tertiary alicyclic amines) is 1. The summed E-state index contributed by atoms with van der Waals surface area (Å²) in [6, 6.07) is 0.456. The van der Waals surface area contributed by atoms with Crippen LogP contribution in [-0.2, 0) is 18.4 Å². The lowest BCUT2D eigenvalue weighted by Gasteiger charge is -2.52. The summed E-state index contributed by atoms with van der Waals surface area (Å²) in [5, 5.41) is 0. The van der Waals surface area contributed by atoms with Crippen LogP contribution >= 0.6 is 18.2 Å². The van der Waals surface area contributed by atoms with E-state index < -0.39 is 6.80 Å². The molecule has 4 rings (SSSR count). The topological polar surface area (TPSA) is 59.1 Å². The lowest BCUT2D eigenvalue weighted by atomic mass is 9.76. The minimum Gasteiger partial charge on any atom is -0.339 e. The van der Waals surface area contributed by atoms with Crippen LogP contribution in [0.1, 0.15) is 39.0 Å². The second-order valence-electron chi connectivity index (χ2n) is 7.95. The van der Waals surface area contributed by atoms with Crippen molar-refractivity contribution < 1.29 is 18.4 Å². The minimum atomic E-state index is -2.96. The highest BCUT2D eigenvalue weighted by Gasteiger charge is 2.43. The van der Waals surface area contributed by atoms with E-state index in [4.69, 9.17) is 9.05 Å². The molecule has 0 aromatic carbocycles. The van der Waals surface area contributed by atoms with Crippen LogP contribution in [-0.4, -0.2) is 66.4 Å². The number of carbonyl (C=O) groups excluding carboxylic acids is 1. The van der Waals surface area contributed by atoms with Gasteiger partial charge in [0, 0.05) is 44.4 Å². The third-order valence-corrected chi connectivity index (χ3v) is 9.86. The van der Waals surface area contributed by atoms with Crippen LogP contribution in [0.2, 0.25) is 0 Å². The second-order valence-corrected chi connectivity index (χ2v) is 12.1. The van der Waals surface area contributed by atoms with Crippen LogP contribution in [0, 0.1) is 11.8 Å². The van der Waals surface area contributed by atoms with Crippen molar-refractivity contribution in [3.8, 4) is 0 Å². The summed E-state index contributed by atoms with van der Waals surface area (Å²) in [5.74, 6) is 2.35. The van der Waals surface area contributed by atoms with Gasteiger partial charge in [0.25, 0.3) is 0 Å². The van der Waals surface area contributed by atoms with E-state index in [0.29, 0.717) is 30.4 Å². The van der Waals surface area contributed by atoms with Crippen molar-refractivity contribution in [1.29, 1.82) is 0 Å². The fraction of sp³-hybridized carbons (Fsp3) is 0.941. The molecular formula is C17H29N2O4PS. The molecule has 4 saturated heterocycles. The average molecular weight is 388 g/mol. The maximum atomic E-state index is 12.6. The van der Waals surface area contributed by atoms with E-state index >= 15 is 0 Å². The van der Waals surface area contributed by atoms with Crippen LogP contribution in [0.3, 0.4) is 0 Å². The molecule has 6 nitrogen and oxygen atoms in total. The van der Waals surface area contributed by atoms with Gasteiger partial charge >= 0.3 is 6.80 Å². The summed E-state index contributed by atoms with van der Waals surface area (Å²) in [4.78, 5) is 16.9. The lowest BCUT2D eigenvalue weighted by Crippen LogP contribution is -2.60. The first kappa shape index (κ1) is 18.3. The van der Waals surface area contributed by atoms with Crippen molar-refractivity contribution >= 4 is 24.1 Å². The van der Waals surface area contributed by atoms with E-state index in [2.05, 4.69) is 9.80 Å². The normalized spacial score (nSPS) is 42.3. The molecule has 25 heavy (non-hydrogen) atoms. The maximum absolute atomic E-state index is 12.6. The second kappa shape index (κ2) is 7.51. The van der Waals surface area contributed by atoms with Gasteiger partial charge < -0.3 is 14.3 Å². The van der Waals surface area contributed by atoms with Gasteiger partial charge in [-0.3, -0.25) is 9.32 Å². The fourth-order valence-corrected chi connectivity index (χ4v) is 8.50. The molecule has 1 amide bonds. The average Bonchev–Trinajstić information content (AvgIpc) is 2.55. The van der Waals surface area contributed by atoms with Gasteiger partial charge in [-0.2, -0.15) is 0 Å². The quantitative estimate of drug-likeness (QED) is 0.690. The van der Waals surface area contributed by atoms with Gasteiger partial charge in [-0.1, -0.05) is 0 Å². The number of piperidine rings is 3. The van der Waals surface area contributed by atoms with Crippen LogP contribution in [0.15, 0.2) is 0 Å². The Balaban J connectivity index is 1.29. The Hall–Kier alpha value is -0.0700. The van der Waals surface area contributed by atoms with Gasteiger partial charge in [0.1, 0.15) is 0 Å². The largest absolute Gasteiger partial charge is 0.389 e. The summed E-state index contributed by atoms with van der Waals surface area (Å²) in [6.45, 7) is 3.51. The Labute approximate surface area is 154 Å². The molecule has 142 valence electrons. The van der Waals surface area contributed by atoms with Gasteiger partial charge in [-0.05, 0) is 55.8 Å². The van der Waals surface area contributed by atoms with Crippen molar-refractivity contribution in [1.82, 2.24) is 9.80 Å². The number of carbonyl (C=O) groups is 1. The molecule has 0 N–H and O–H groups in total. The van der Waals surface area contributed by atoms with E-state index in [1.807, 2.05) is 6.92 Å². The predicted molar refractivity (Wildman–Crippen MR) is 98.6 cm³/mol. The number of rotatable bonds is 4. The predicted octanol–water partition coefficient (Wildman–Crippen LogP) is 2.99. The number of hydrogen-bond donors (Lipinski definition) is 0. The molecule has 0 aliphatic carbocycles. The standard InChI is InChI=1S/C17H29N2O4PS/c1-13-5-7-22-24(21,23-13)25-8-6-18-10-14-9-15(12-18)16-3-2-4-17(20)19(16)11-14/h13-16H,2-12H2,1H3/t13?,14-,15+,16?,24?/m0/s1. The number of amides is 1. The Kier molecular flexibility index (Phi) is 5.50. The minimum absolute atomic E-state index is 0.0243. The Morgan fingerprint density at radius 2 is 2.16 bits per heavy atom. The molecule has 0 aromatic rings. The summed E-state index contributed by atoms with van der Waals surface area (Å²) >= 11 is 1.35. The summed E-state index contributed by atoms with van der Waals surface area (Å²) in [5.41, 5.74) is 0. The first-order chi connectivity index (χ1) is 12.0. The van der Waals surface area contributed by atoms with E-state index in [1.165, 1.54) is 24.2 Å². The Morgan fingerprint density at radius 3 is 3.00 bits per heavy atom. The summed E-state index contributed by atoms with van der Waals surface area (Å²) in [7, 11) is 0. The first-order valence-electron chi connectivity index (χ1n) is 9.62. The van der Waals surface area contributed by atoms with Gasteiger partial charge in [-0.15, -0.1) is 0 Å². The monoisotopic (exact) mass is 388 g/mol. The zero-order valence-corrected chi connectivity index (χ0v) is 16.7. The van der Waals surface area contributed by atoms with Crippen molar-refractivity contribution in [3.05, 3.63) is 0 Å². The highest BCUT2D eigenvalue weighted by molar-refractivity contribution is 8.55. The zero-order valence-electron chi connectivity index (χ0n) is 15.0. The first-order valence-corrected chi connectivity index (χ1v) is 12.7. The van der Waals surface area contributed by atoms with Crippen LogP contribution in [0.25, 0.3) is 0 Å². The highest BCUT2D eigenvalue weighted by Crippen LogP contribution is 2.63. The molecule has 0 spiro atoms. The van der Waals surface area contributed by atoms with E-state index in [9.17, 15) is 9.36 Å². The molecule has 8 heteroatoms. The number of hydrogen-bond acceptors (Lipinski definition) is 6. The number of nitrogens with zero attached hydrogens (tertiary/aromatic N) is 2. The van der Waals surface area contributed by atoms with Crippen LogP contribution in [0.4, 0.5) is 0 Å². The molecule has 3 unspecified atom stereocenters. The van der Waals surface area contributed by atoms with E-state index in [1.54, 1.807) is 0 Å². The van der Waals surface area contributed by atoms with Crippen LogP contribution < -0.4 is 0 Å². The Morgan fingerprint density at radius 1 is 1.28 bits per heavy atom. The van der Waals surface area contributed by atoms with Crippen molar-refractivity contribution in [3.63, 3.8) is 0 Å². The molecule has 2 bridgehead atoms. The lowest BCUT2D eigenvalue weighted by molar-refractivity contribution is -0.144. The third kappa shape index (κ3) is 4.11. The molecule has 4 aliphatic rings. The molecule has 0 saturated carbocycles. The molecular weight excluding hydrogens is 359 g/mol. The summed E-state index contributed by atoms with van der Waals surface area (Å²) < 4.78 is 23.5. The SMILES string of the molecule is CC1CCOP(=O)(SCCN2C[C@@H]3C[C@H](C2)C2CCCC(=O)N2C3)O1. The van der Waals surface area contributed by atoms with Crippen LogP contribution in [0.5, 0.6) is 0 Å². The van der Waals surface area contributed by atoms with Gasteiger partial charge in [0.05, 0.1) is 12.7 Å².